The second-order valence-electron chi connectivity index (χ2n) is 10.1. The van der Waals surface area contributed by atoms with Crippen LogP contribution < -0.4 is 15.0 Å². The fourth-order valence-corrected chi connectivity index (χ4v) is 8.45. The smallest absolute Gasteiger partial charge is 0.408 e. The zero-order valence-electron chi connectivity index (χ0n) is 21.5. The average Bonchev–Trinajstić information content (AvgIpc) is 3.28. The first-order valence-corrected chi connectivity index (χ1v) is 15.1. The summed E-state index contributed by atoms with van der Waals surface area (Å²) in [6.45, 7) is 5.21. The molecule has 2 saturated heterocycles. The highest BCUT2D eigenvalue weighted by molar-refractivity contribution is 8.16. The Balaban J connectivity index is 1.70. The normalized spacial score (nSPS) is 22.1. The fraction of sp³-hybridized carbons (Fsp3) is 0.423. The van der Waals surface area contributed by atoms with Crippen molar-refractivity contribution in [1.82, 2.24) is 5.32 Å². The maximum absolute atomic E-state index is 13.6. The Bertz CT molecular complexity index is 1340. The lowest BCUT2D eigenvalue weighted by molar-refractivity contribution is -0.119. The van der Waals surface area contributed by atoms with Crippen LogP contribution in [0.1, 0.15) is 26.3 Å². The molecule has 1 N–H and O–H groups in total. The minimum absolute atomic E-state index is 0.0292. The van der Waals surface area contributed by atoms with Crippen molar-refractivity contribution in [2.75, 3.05) is 23.5 Å². The number of nitrogens with one attached hydrogen (secondary N) is 1. The van der Waals surface area contributed by atoms with Crippen LogP contribution in [0.5, 0.6) is 5.75 Å². The number of amidine groups is 1. The van der Waals surface area contributed by atoms with Gasteiger partial charge in [0, 0.05) is 16.7 Å². The van der Waals surface area contributed by atoms with Crippen LogP contribution in [0.25, 0.3) is 0 Å². The molecule has 2 aliphatic rings. The molecule has 3 atom stereocenters. The van der Waals surface area contributed by atoms with Gasteiger partial charge in [0.25, 0.3) is 5.91 Å². The molecule has 2 heterocycles. The summed E-state index contributed by atoms with van der Waals surface area (Å²) in [6.07, 6.45) is -0.537. The number of methoxy groups -OCH3 is 1. The lowest BCUT2D eigenvalue weighted by Crippen LogP contribution is -2.45. The number of hydrogen-bond donors (Lipinski definition) is 1. The molecule has 9 nitrogen and oxygen atoms in total. The summed E-state index contributed by atoms with van der Waals surface area (Å²) in [7, 11) is -1.77. The second kappa shape index (κ2) is 11.2. The Morgan fingerprint density at radius 2 is 1.89 bits per heavy atom. The van der Waals surface area contributed by atoms with Crippen LogP contribution in [0.4, 0.5) is 10.5 Å². The number of aliphatic imine (C=N–C) groups is 1. The summed E-state index contributed by atoms with van der Waals surface area (Å²) in [5, 5.41) is 3.09. The number of hydrogen-bond acceptors (Lipinski definition) is 7. The van der Waals surface area contributed by atoms with Gasteiger partial charge in [0.2, 0.25) is 0 Å². The van der Waals surface area contributed by atoms with Gasteiger partial charge in [0.1, 0.15) is 17.4 Å². The van der Waals surface area contributed by atoms with Crippen LogP contribution in [0.15, 0.2) is 53.5 Å². The molecule has 12 heteroatoms. The molecule has 0 aromatic heterocycles. The minimum Gasteiger partial charge on any atom is -0.495 e. The van der Waals surface area contributed by atoms with Gasteiger partial charge in [-0.05, 0) is 44.5 Å². The van der Waals surface area contributed by atoms with Gasteiger partial charge in [-0.2, -0.15) is 4.99 Å². The van der Waals surface area contributed by atoms with E-state index >= 15 is 0 Å². The first-order valence-electron chi connectivity index (χ1n) is 12.0. The van der Waals surface area contributed by atoms with Crippen molar-refractivity contribution >= 4 is 56.1 Å². The minimum atomic E-state index is -3.27. The van der Waals surface area contributed by atoms with Crippen molar-refractivity contribution in [2.45, 2.75) is 50.1 Å². The fourth-order valence-electron chi connectivity index (χ4n) is 4.37. The van der Waals surface area contributed by atoms with E-state index in [1.54, 1.807) is 43.9 Å². The van der Waals surface area contributed by atoms with Gasteiger partial charge in [0.05, 0.1) is 30.3 Å². The Kier molecular flexibility index (Phi) is 8.29. The summed E-state index contributed by atoms with van der Waals surface area (Å²) in [6, 6.07) is 12.8. The lowest BCUT2D eigenvalue weighted by Gasteiger charge is -2.27. The standard InChI is InChI=1S/C26H30ClN3O6S2/c1-26(2,3)36-25(32)28-18(12-16-8-6-5-7-9-16)23(31)29-24-30(19-13-17(27)10-11-21(19)35-4)20-14-38(33,34)15-22(20)37-24/h5-11,13,18,20,22H,12,14-15H2,1-4H3,(H,28,32)/t18-,20-,22+/m0/s1. The maximum atomic E-state index is 13.6. The van der Waals surface area contributed by atoms with E-state index in [1.165, 1.54) is 18.9 Å². The van der Waals surface area contributed by atoms with E-state index in [0.717, 1.165) is 5.56 Å². The molecule has 38 heavy (non-hydrogen) atoms. The lowest BCUT2D eigenvalue weighted by atomic mass is 10.1. The highest BCUT2D eigenvalue weighted by Gasteiger charge is 2.50. The SMILES string of the molecule is COc1ccc(Cl)cc1N1C(=NC(=O)[C@H](Cc2ccccc2)NC(=O)OC(C)(C)C)S[C@@H]2CS(=O)(=O)C[C@@H]21. The number of ether oxygens (including phenoxy) is 2. The van der Waals surface area contributed by atoms with Gasteiger partial charge in [-0.25, -0.2) is 13.2 Å². The molecular formula is C26H30ClN3O6S2. The number of amides is 2. The van der Waals surface area contributed by atoms with Gasteiger partial charge < -0.3 is 19.7 Å². The van der Waals surface area contributed by atoms with E-state index in [4.69, 9.17) is 21.1 Å². The van der Waals surface area contributed by atoms with E-state index in [2.05, 4.69) is 10.3 Å². The number of carbonyl (C=O) groups excluding carboxylic acids is 2. The Labute approximate surface area is 231 Å². The molecule has 0 saturated carbocycles. The van der Waals surface area contributed by atoms with E-state index in [1.807, 2.05) is 30.3 Å². The van der Waals surface area contributed by atoms with Gasteiger partial charge in [0.15, 0.2) is 15.0 Å². The summed E-state index contributed by atoms with van der Waals surface area (Å²) < 4.78 is 35.8. The summed E-state index contributed by atoms with van der Waals surface area (Å²) >= 11 is 7.51. The topological polar surface area (TPSA) is 114 Å². The second-order valence-corrected chi connectivity index (χ2v) is 13.9. The summed E-state index contributed by atoms with van der Waals surface area (Å²) in [5.74, 6) is -0.237. The molecule has 2 aromatic rings. The molecule has 0 unspecified atom stereocenters. The number of alkyl carbamates (subject to hydrolysis) is 1. The molecule has 0 bridgehead atoms. The summed E-state index contributed by atoms with van der Waals surface area (Å²) in [4.78, 5) is 32.3. The number of nitrogens with zero attached hydrogens (tertiary/aromatic N) is 2. The Morgan fingerprint density at radius 1 is 1.18 bits per heavy atom. The zero-order chi connectivity index (χ0) is 27.7. The highest BCUT2D eigenvalue weighted by atomic mass is 35.5. The van der Waals surface area contributed by atoms with Crippen LogP contribution >= 0.6 is 23.4 Å². The van der Waals surface area contributed by atoms with Crippen molar-refractivity contribution in [3.63, 3.8) is 0 Å². The molecular weight excluding hydrogens is 550 g/mol. The van der Waals surface area contributed by atoms with Gasteiger partial charge >= 0.3 is 6.09 Å². The van der Waals surface area contributed by atoms with Crippen LogP contribution in [0, 0.1) is 0 Å². The van der Waals surface area contributed by atoms with Gasteiger partial charge in [-0.3, -0.25) is 4.79 Å². The number of fused-ring (bicyclic) bond motifs is 1. The highest BCUT2D eigenvalue weighted by Crippen LogP contribution is 2.44. The molecule has 4 rings (SSSR count). The Hall–Kier alpha value is -2.76. The predicted octanol–water partition coefficient (Wildman–Crippen LogP) is 4.09. The zero-order valence-corrected chi connectivity index (χ0v) is 23.9. The number of sulfone groups is 1. The van der Waals surface area contributed by atoms with Crippen molar-refractivity contribution in [1.29, 1.82) is 0 Å². The van der Waals surface area contributed by atoms with Crippen molar-refractivity contribution in [2.24, 2.45) is 4.99 Å². The molecule has 0 aliphatic carbocycles. The third kappa shape index (κ3) is 6.81. The molecule has 2 amide bonds. The van der Waals surface area contributed by atoms with E-state index in [0.29, 0.717) is 21.6 Å². The quantitative estimate of drug-likeness (QED) is 0.544. The molecule has 2 aliphatic heterocycles. The van der Waals surface area contributed by atoms with Gasteiger partial charge in [-0.15, -0.1) is 0 Å². The van der Waals surface area contributed by atoms with Crippen molar-refractivity contribution in [3.05, 3.63) is 59.1 Å². The third-order valence-corrected chi connectivity index (χ3v) is 9.39. The maximum Gasteiger partial charge on any atom is 0.408 e. The van der Waals surface area contributed by atoms with Crippen LogP contribution in [-0.2, 0) is 25.8 Å². The molecule has 2 aromatic carbocycles. The van der Waals surface area contributed by atoms with E-state index in [9.17, 15) is 18.0 Å². The molecule has 204 valence electrons. The largest absolute Gasteiger partial charge is 0.495 e. The van der Waals surface area contributed by atoms with Crippen LogP contribution in [0.3, 0.4) is 0 Å². The first kappa shape index (κ1) is 28.3. The predicted molar refractivity (Wildman–Crippen MR) is 150 cm³/mol. The third-order valence-electron chi connectivity index (χ3n) is 5.94. The van der Waals surface area contributed by atoms with Crippen molar-refractivity contribution in [3.8, 4) is 5.75 Å². The monoisotopic (exact) mass is 579 g/mol. The van der Waals surface area contributed by atoms with E-state index < -0.39 is 39.5 Å². The number of benzene rings is 2. The average molecular weight is 580 g/mol. The first-order chi connectivity index (χ1) is 17.8. The number of carbonyl (C=O) groups is 2. The van der Waals surface area contributed by atoms with Gasteiger partial charge in [-0.1, -0.05) is 53.7 Å². The molecule has 0 spiro atoms. The van der Waals surface area contributed by atoms with Crippen LogP contribution in [0.2, 0.25) is 5.02 Å². The number of anilines is 1. The van der Waals surface area contributed by atoms with E-state index in [-0.39, 0.29) is 23.2 Å². The number of halogens is 1. The van der Waals surface area contributed by atoms with Crippen LogP contribution in [-0.4, -0.2) is 67.1 Å². The van der Waals surface area contributed by atoms with Crippen molar-refractivity contribution < 1.29 is 27.5 Å². The number of thioether (sulfide) groups is 1. The molecule has 2 fully saturated rings. The Morgan fingerprint density at radius 3 is 2.55 bits per heavy atom. The molecule has 0 radical (unpaired) electrons. The number of rotatable bonds is 6. The summed E-state index contributed by atoms with van der Waals surface area (Å²) in [5.41, 5.74) is 0.599.